The van der Waals surface area contributed by atoms with Crippen molar-refractivity contribution >= 4 is 10.9 Å². The Morgan fingerprint density at radius 2 is 1.89 bits per heavy atom. The standard InChI is InChI=1S/C31H40N2O4/c1-31(2)21-13-12-20(27(31)14-21)18-37-19-22(34)15-32-16-25(24-9-7-11-29(35-3)30(24)36-4)26-17-33-28-10-6-5-8-23(26)28/h5-12,17,21-22,25,27,32-34H,13-16,18-19H2,1-4H3/t21-,22+,25-,27+/m0/s1. The second-order valence-electron chi connectivity index (χ2n) is 11.1. The molecule has 1 heterocycles. The molecule has 3 N–H and O–H groups in total. The maximum Gasteiger partial charge on any atom is 0.164 e. The second kappa shape index (κ2) is 10.9. The molecular formula is C31H40N2O4. The molecule has 1 saturated carbocycles. The number of allylic oxidation sites excluding steroid dienone is 1. The van der Waals surface area contributed by atoms with E-state index in [-0.39, 0.29) is 5.92 Å². The average molecular weight is 505 g/mol. The SMILES string of the molecule is COc1cccc([C@H](CNC[C@@H](O)COCC2=CC[C@H]3C[C@H]2C3(C)C)c2c[nH]c3ccccc23)c1OC. The van der Waals surface area contributed by atoms with Crippen LogP contribution in [0.25, 0.3) is 10.9 Å². The predicted molar refractivity (Wildman–Crippen MR) is 147 cm³/mol. The number of rotatable bonds is 12. The van der Waals surface area contributed by atoms with Crippen molar-refractivity contribution in [1.82, 2.24) is 10.3 Å². The second-order valence-corrected chi connectivity index (χ2v) is 11.1. The molecule has 0 radical (unpaired) electrons. The zero-order chi connectivity index (χ0) is 26.0. The summed E-state index contributed by atoms with van der Waals surface area (Å²) in [6.45, 7) is 6.77. The van der Waals surface area contributed by atoms with Crippen molar-refractivity contribution in [2.75, 3.05) is 40.5 Å². The Kier molecular flexibility index (Phi) is 7.61. The van der Waals surface area contributed by atoms with Gasteiger partial charge in [-0.25, -0.2) is 0 Å². The highest BCUT2D eigenvalue weighted by molar-refractivity contribution is 5.84. The summed E-state index contributed by atoms with van der Waals surface area (Å²) in [6.07, 6.45) is 6.30. The van der Waals surface area contributed by atoms with E-state index in [1.54, 1.807) is 14.2 Å². The number of para-hydroxylation sites is 2. The number of ether oxygens (including phenoxy) is 3. The average Bonchev–Trinajstić information content (AvgIpc) is 3.34. The normalized spacial score (nSPS) is 21.7. The third kappa shape index (κ3) is 5.02. The number of methoxy groups -OCH3 is 2. The largest absolute Gasteiger partial charge is 0.493 e. The number of aliphatic hydroxyl groups is 1. The van der Waals surface area contributed by atoms with Crippen LogP contribution in [0.1, 0.15) is 43.7 Å². The summed E-state index contributed by atoms with van der Waals surface area (Å²) < 4.78 is 17.3. The van der Waals surface area contributed by atoms with Gasteiger partial charge < -0.3 is 29.6 Å². The molecule has 0 amide bonds. The lowest BCUT2D eigenvalue weighted by molar-refractivity contribution is -0.0235. The minimum atomic E-state index is -0.581. The first-order valence-corrected chi connectivity index (χ1v) is 13.4. The Bertz CT molecular complexity index is 1250. The van der Waals surface area contributed by atoms with E-state index in [0.29, 0.717) is 43.4 Å². The Labute approximate surface area is 220 Å². The molecule has 6 heteroatoms. The number of aromatic nitrogens is 1. The maximum atomic E-state index is 10.7. The molecule has 1 aromatic heterocycles. The Morgan fingerprint density at radius 3 is 2.65 bits per heavy atom. The van der Waals surface area contributed by atoms with E-state index in [1.165, 1.54) is 22.9 Å². The molecule has 0 unspecified atom stereocenters. The Morgan fingerprint density at radius 1 is 1.05 bits per heavy atom. The number of nitrogens with one attached hydrogen (secondary N) is 2. The van der Waals surface area contributed by atoms with Gasteiger partial charge in [-0.15, -0.1) is 0 Å². The fourth-order valence-electron chi connectivity index (χ4n) is 6.36. The van der Waals surface area contributed by atoms with Crippen molar-refractivity contribution in [1.29, 1.82) is 0 Å². The smallest absolute Gasteiger partial charge is 0.164 e. The van der Waals surface area contributed by atoms with Crippen LogP contribution in [0.5, 0.6) is 11.5 Å². The molecule has 2 bridgehead atoms. The summed E-state index contributed by atoms with van der Waals surface area (Å²) in [4.78, 5) is 3.40. The van der Waals surface area contributed by atoms with Gasteiger partial charge in [0.25, 0.3) is 0 Å². The molecule has 6 nitrogen and oxygen atoms in total. The summed E-state index contributed by atoms with van der Waals surface area (Å²) in [6, 6.07) is 14.3. The molecular weight excluding hydrogens is 464 g/mol. The predicted octanol–water partition coefficient (Wildman–Crippen LogP) is 5.28. The minimum Gasteiger partial charge on any atom is -0.493 e. The molecule has 2 aromatic carbocycles. The summed E-state index contributed by atoms with van der Waals surface area (Å²) in [5, 5.41) is 15.3. The van der Waals surface area contributed by atoms with Crippen LogP contribution in [-0.2, 0) is 4.74 Å². The molecule has 3 aliphatic rings. The van der Waals surface area contributed by atoms with Gasteiger partial charge in [0.05, 0.1) is 33.5 Å². The number of aliphatic hydroxyl groups excluding tert-OH is 1. The van der Waals surface area contributed by atoms with Crippen LogP contribution >= 0.6 is 0 Å². The topological polar surface area (TPSA) is 75.7 Å². The van der Waals surface area contributed by atoms with Gasteiger partial charge in [0.1, 0.15) is 0 Å². The zero-order valence-electron chi connectivity index (χ0n) is 22.4. The number of H-pyrrole nitrogens is 1. The first-order valence-electron chi connectivity index (χ1n) is 13.4. The van der Waals surface area contributed by atoms with Gasteiger partial charge in [-0.05, 0) is 53.4 Å². The Balaban J connectivity index is 1.24. The third-order valence-corrected chi connectivity index (χ3v) is 8.70. The maximum absolute atomic E-state index is 10.7. The van der Waals surface area contributed by atoms with Crippen LogP contribution in [0.2, 0.25) is 0 Å². The molecule has 37 heavy (non-hydrogen) atoms. The van der Waals surface area contributed by atoms with Crippen molar-refractivity contribution in [3.63, 3.8) is 0 Å². The highest BCUT2D eigenvalue weighted by atomic mass is 16.5. The fourth-order valence-corrected chi connectivity index (χ4v) is 6.36. The highest BCUT2D eigenvalue weighted by Gasteiger charge is 2.50. The summed E-state index contributed by atoms with van der Waals surface area (Å²) >= 11 is 0. The molecule has 3 aromatic rings. The summed E-state index contributed by atoms with van der Waals surface area (Å²) in [7, 11) is 3.33. The van der Waals surface area contributed by atoms with E-state index in [4.69, 9.17) is 14.2 Å². The summed E-state index contributed by atoms with van der Waals surface area (Å²) in [5.74, 6) is 2.89. The van der Waals surface area contributed by atoms with Gasteiger partial charge in [-0.3, -0.25) is 0 Å². The van der Waals surface area contributed by atoms with Crippen LogP contribution in [-0.4, -0.2) is 56.7 Å². The lowest BCUT2D eigenvalue weighted by atomic mass is 9.49. The van der Waals surface area contributed by atoms with Crippen molar-refractivity contribution in [3.05, 3.63) is 71.4 Å². The molecule has 198 valence electrons. The fraction of sp³-hybridized carbons (Fsp3) is 0.484. The van der Waals surface area contributed by atoms with E-state index in [1.807, 2.05) is 18.2 Å². The van der Waals surface area contributed by atoms with Crippen molar-refractivity contribution in [2.24, 2.45) is 17.3 Å². The van der Waals surface area contributed by atoms with Crippen molar-refractivity contribution in [2.45, 2.75) is 38.7 Å². The Hall–Kier alpha value is -2.80. The molecule has 0 saturated heterocycles. The van der Waals surface area contributed by atoms with Gasteiger partial charge in [0.15, 0.2) is 11.5 Å². The van der Waals surface area contributed by atoms with Crippen molar-refractivity contribution in [3.8, 4) is 11.5 Å². The number of benzene rings is 2. The van der Waals surface area contributed by atoms with Crippen LogP contribution in [0.3, 0.4) is 0 Å². The van der Waals surface area contributed by atoms with Gasteiger partial charge in [-0.2, -0.15) is 0 Å². The molecule has 0 spiro atoms. The lowest BCUT2D eigenvalue weighted by Crippen LogP contribution is -2.48. The zero-order valence-corrected chi connectivity index (χ0v) is 22.4. The van der Waals surface area contributed by atoms with Crippen LogP contribution < -0.4 is 14.8 Å². The quantitative estimate of drug-likeness (QED) is 0.293. The summed E-state index contributed by atoms with van der Waals surface area (Å²) in [5.41, 5.74) is 5.11. The number of aromatic amines is 1. The van der Waals surface area contributed by atoms with Gasteiger partial charge >= 0.3 is 0 Å². The first kappa shape index (κ1) is 25.8. The van der Waals surface area contributed by atoms with E-state index in [2.05, 4.69) is 60.7 Å². The number of hydrogen-bond donors (Lipinski definition) is 3. The lowest BCUT2D eigenvalue weighted by Gasteiger charge is -2.56. The van der Waals surface area contributed by atoms with Gasteiger partial charge in [0.2, 0.25) is 0 Å². The van der Waals surface area contributed by atoms with E-state index < -0.39 is 6.10 Å². The van der Waals surface area contributed by atoms with E-state index in [0.717, 1.165) is 29.2 Å². The van der Waals surface area contributed by atoms with Crippen LogP contribution in [0.15, 0.2) is 60.3 Å². The molecule has 3 aliphatic carbocycles. The first-order chi connectivity index (χ1) is 17.9. The van der Waals surface area contributed by atoms with Gasteiger partial charge in [0, 0.05) is 41.7 Å². The van der Waals surface area contributed by atoms with Crippen LogP contribution in [0.4, 0.5) is 0 Å². The minimum absolute atomic E-state index is 0.00416. The monoisotopic (exact) mass is 504 g/mol. The van der Waals surface area contributed by atoms with Crippen LogP contribution in [0, 0.1) is 17.3 Å². The molecule has 6 rings (SSSR count). The van der Waals surface area contributed by atoms with E-state index in [9.17, 15) is 5.11 Å². The van der Waals surface area contributed by atoms with E-state index >= 15 is 0 Å². The highest BCUT2D eigenvalue weighted by Crippen LogP contribution is 2.59. The number of fused-ring (bicyclic) bond motifs is 2. The molecule has 4 atom stereocenters. The van der Waals surface area contributed by atoms with Gasteiger partial charge in [-0.1, -0.05) is 50.3 Å². The number of hydrogen-bond acceptors (Lipinski definition) is 5. The molecule has 0 aliphatic heterocycles. The molecule has 1 fully saturated rings. The van der Waals surface area contributed by atoms with Crippen molar-refractivity contribution < 1.29 is 19.3 Å². The third-order valence-electron chi connectivity index (χ3n) is 8.70.